The number of aromatic nitrogens is 1. The highest BCUT2D eigenvalue weighted by Crippen LogP contribution is 2.50. The molecule has 0 bridgehead atoms. The number of rotatable bonds is 1. The van der Waals surface area contributed by atoms with Crippen molar-refractivity contribution in [3.63, 3.8) is 0 Å². The molecule has 0 atom stereocenters. The second-order valence-corrected chi connectivity index (χ2v) is 8.66. The van der Waals surface area contributed by atoms with Crippen molar-refractivity contribution in [1.29, 1.82) is 0 Å². The Kier molecular flexibility index (Phi) is 3.32. The SMILES string of the molecule is [2H]c1cc2cc(C)ccc2c(-c2cc3c(cc2C)-c2ccccc2C3(C)C)[n+]1C. The van der Waals surface area contributed by atoms with Crippen LogP contribution in [0.1, 0.15) is 37.5 Å². The van der Waals surface area contributed by atoms with Gasteiger partial charge in [-0.05, 0) is 59.2 Å². The molecular formula is C27H26N+. The highest BCUT2D eigenvalue weighted by Gasteiger charge is 2.36. The summed E-state index contributed by atoms with van der Waals surface area (Å²) in [6.07, 6.45) is 0.528. The van der Waals surface area contributed by atoms with E-state index < -0.39 is 0 Å². The van der Waals surface area contributed by atoms with Gasteiger partial charge in [0.2, 0.25) is 5.69 Å². The fourth-order valence-corrected chi connectivity index (χ4v) is 4.87. The summed E-state index contributed by atoms with van der Waals surface area (Å²) >= 11 is 0. The summed E-state index contributed by atoms with van der Waals surface area (Å²) in [7, 11) is 2.00. The molecule has 1 aliphatic rings. The van der Waals surface area contributed by atoms with Crippen molar-refractivity contribution in [1.82, 2.24) is 0 Å². The van der Waals surface area contributed by atoms with E-state index in [9.17, 15) is 0 Å². The van der Waals surface area contributed by atoms with E-state index in [4.69, 9.17) is 1.37 Å². The van der Waals surface area contributed by atoms with Gasteiger partial charge in [0.05, 0.1) is 10.9 Å². The van der Waals surface area contributed by atoms with Crippen LogP contribution in [0.3, 0.4) is 0 Å². The van der Waals surface area contributed by atoms with E-state index in [-0.39, 0.29) is 5.41 Å². The quantitative estimate of drug-likeness (QED) is 0.351. The lowest BCUT2D eigenvalue weighted by Gasteiger charge is -2.22. The minimum atomic E-state index is -0.0298. The molecule has 1 aromatic heterocycles. The van der Waals surface area contributed by atoms with Crippen LogP contribution < -0.4 is 4.57 Å². The number of nitrogens with zero attached hydrogens (tertiary/aromatic N) is 1. The number of hydrogen-bond acceptors (Lipinski definition) is 0. The molecule has 0 unspecified atom stereocenters. The molecule has 0 aliphatic heterocycles. The molecule has 0 spiro atoms. The highest BCUT2D eigenvalue weighted by molar-refractivity contribution is 5.95. The van der Waals surface area contributed by atoms with Gasteiger partial charge in [-0.15, -0.1) is 0 Å². The molecule has 138 valence electrons. The van der Waals surface area contributed by atoms with Crippen LogP contribution in [0.4, 0.5) is 0 Å². The molecule has 4 aromatic rings. The van der Waals surface area contributed by atoms with Crippen molar-refractivity contribution in [2.75, 3.05) is 0 Å². The van der Waals surface area contributed by atoms with Crippen LogP contribution in [0.15, 0.2) is 66.8 Å². The molecule has 0 amide bonds. The maximum atomic E-state index is 8.53. The van der Waals surface area contributed by atoms with E-state index in [0.29, 0.717) is 6.17 Å². The zero-order valence-corrected chi connectivity index (χ0v) is 17.2. The van der Waals surface area contributed by atoms with Gasteiger partial charge in [0.15, 0.2) is 6.17 Å². The molecular weight excluding hydrogens is 338 g/mol. The van der Waals surface area contributed by atoms with Crippen LogP contribution in [0, 0.1) is 13.8 Å². The maximum absolute atomic E-state index is 8.53. The molecule has 3 aromatic carbocycles. The third-order valence-corrected chi connectivity index (χ3v) is 6.39. The Hall–Kier alpha value is -2.93. The van der Waals surface area contributed by atoms with E-state index in [1.165, 1.54) is 44.3 Å². The Labute approximate surface area is 168 Å². The standard InChI is InChI=1S/C27H26N/c1-17-10-11-20-19(14-17)12-13-28(5)26(20)22-16-25-23(15-18(22)2)21-8-6-7-9-24(21)27(25,3)4/h6-16H,1-5H3/q+1/i13D. The maximum Gasteiger partial charge on any atom is 0.220 e. The summed E-state index contributed by atoms with van der Waals surface area (Å²) in [4.78, 5) is 0. The second kappa shape index (κ2) is 5.78. The van der Waals surface area contributed by atoms with Crippen molar-refractivity contribution in [3.8, 4) is 22.4 Å². The monoisotopic (exact) mass is 365 g/mol. The van der Waals surface area contributed by atoms with Crippen LogP contribution in [0.25, 0.3) is 33.2 Å². The van der Waals surface area contributed by atoms with Gasteiger partial charge in [0, 0.05) is 11.5 Å². The number of hydrogen-bond donors (Lipinski definition) is 0. The van der Waals surface area contributed by atoms with E-state index in [0.717, 1.165) is 11.1 Å². The van der Waals surface area contributed by atoms with Crippen molar-refractivity contribution in [2.45, 2.75) is 33.1 Å². The largest absolute Gasteiger partial charge is 0.220 e. The molecule has 1 heteroatoms. The summed E-state index contributed by atoms with van der Waals surface area (Å²) in [5.74, 6) is 0. The molecule has 0 N–H and O–H groups in total. The van der Waals surface area contributed by atoms with E-state index in [1.807, 2.05) is 17.7 Å². The van der Waals surface area contributed by atoms with E-state index in [2.05, 4.69) is 82.3 Å². The molecule has 28 heavy (non-hydrogen) atoms. The van der Waals surface area contributed by atoms with E-state index >= 15 is 0 Å². The fourth-order valence-electron chi connectivity index (χ4n) is 4.87. The summed E-state index contributed by atoms with van der Waals surface area (Å²) in [6, 6.07) is 22.0. The zero-order chi connectivity index (χ0) is 20.5. The number of benzene rings is 3. The summed E-state index contributed by atoms with van der Waals surface area (Å²) in [5, 5.41) is 2.33. The number of pyridine rings is 1. The average molecular weight is 366 g/mol. The van der Waals surface area contributed by atoms with E-state index in [1.54, 1.807) is 0 Å². The minimum Gasteiger partial charge on any atom is -0.200 e. The molecule has 1 nitrogen and oxygen atoms in total. The normalized spacial score (nSPS) is 14.7. The third-order valence-electron chi connectivity index (χ3n) is 6.39. The molecule has 0 radical (unpaired) electrons. The predicted octanol–water partition coefficient (Wildman–Crippen LogP) is 6.25. The first-order valence-corrected chi connectivity index (χ1v) is 9.94. The fraction of sp³-hybridized carbons (Fsp3) is 0.222. The Balaban J connectivity index is 1.85. The van der Waals surface area contributed by atoms with Crippen molar-refractivity contribution < 1.29 is 5.94 Å². The summed E-state index contributed by atoms with van der Waals surface area (Å²) < 4.78 is 10.5. The van der Waals surface area contributed by atoms with Gasteiger partial charge in [0.1, 0.15) is 8.42 Å². The first-order chi connectivity index (χ1) is 13.8. The lowest BCUT2D eigenvalue weighted by molar-refractivity contribution is -0.659. The lowest BCUT2D eigenvalue weighted by Crippen LogP contribution is -2.31. The Morgan fingerprint density at radius 1 is 0.821 bits per heavy atom. The summed E-state index contributed by atoms with van der Waals surface area (Å²) in [5.41, 5.74) is 10.2. The molecule has 5 rings (SSSR count). The number of aryl methyl sites for hydroxylation is 2. The highest BCUT2D eigenvalue weighted by atomic mass is 14.9. The molecule has 0 fully saturated rings. The third kappa shape index (κ3) is 2.29. The van der Waals surface area contributed by atoms with Crippen LogP contribution in [-0.2, 0) is 12.5 Å². The minimum absolute atomic E-state index is 0.0298. The smallest absolute Gasteiger partial charge is 0.200 e. The lowest BCUT2D eigenvalue weighted by atomic mass is 9.81. The van der Waals surface area contributed by atoms with Gasteiger partial charge >= 0.3 is 0 Å². The summed E-state index contributed by atoms with van der Waals surface area (Å²) in [6.45, 7) is 8.94. The molecule has 1 aliphatic carbocycles. The van der Waals surface area contributed by atoms with Crippen molar-refractivity contribution in [3.05, 3.63) is 89.1 Å². The van der Waals surface area contributed by atoms with Gasteiger partial charge in [-0.25, -0.2) is 4.57 Å². The Morgan fingerprint density at radius 2 is 1.61 bits per heavy atom. The molecule has 0 saturated heterocycles. The predicted molar refractivity (Wildman–Crippen MR) is 118 cm³/mol. The van der Waals surface area contributed by atoms with Crippen LogP contribution >= 0.6 is 0 Å². The second-order valence-electron chi connectivity index (χ2n) is 8.66. The topological polar surface area (TPSA) is 3.88 Å². The zero-order valence-electron chi connectivity index (χ0n) is 18.2. The average Bonchev–Trinajstić information content (AvgIpc) is 2.90. The Bertz CT molecular complexity index is 1310. The first-order valence-electron chi connectivity index (χ1n) is 10.4. The van der Waals surface area contributed by atoms with Gasteiger partial charge in [0.25, 0.3) is 0 Å². The van der Waals surface area contributed by atoms with Crippen LogP contribution in [-0.4, -0.2) is 0 Å². The van der Waals surface area contributed by atoms with Gasteiger partial charge in [-0.2, -0.15) is 0 Å². The van der Waals surface area contributed by atoms with Gasteiger partial charge < -0.3 is 0 Å². The van der Waals surface area contributed by atoms with Crippen molar-refractivity contribution in [2.24, 2.45) is 7.05 Å². The Morgan fingerprint density at radius 3 is 2.43 bits per heavy atom. The van der Waals surface area contributed by atoms with Crippen molar-refractivity contribution >= 4 is 10.8 Å². The van der Waals surface area contributed by atoms with Gasteiger partial charge in [-0.1, -0.05) is 61.9 Å². The van der Waals surface area contributed by atoms with Gasteiger partial charge in [-0.3, -0.25) is 0 Å². The number of fused-ring (bicyclic) bond motifs is 4. The first kappa shape index (κ1) is 16.1. The molecule has 0 saturated carbocycles. The van der Waals surface area contributed by atoms with Crippen LogP contribution in [0.2, 0.25) is 0 Å². The molecule has 1 heterocycles. The van der Waals surface area contributed by atoms with Crippen LogP contribution in [0.5, 0.6) is 0 Å².